The molecule has 4 fully saturated rings. The number of nitrogens with two attached hydrogens (primary N) is 1. The molecule has 4 bridgehead atoms. The highest BCUT2D eigenvalue weighted by Gasteiger charge is 2.49. The van der Waals surface area contributed by atoms with E-state index < -0.39 is 0 Å². The van der Waals surface area contributed by atoms with Gasteiger partial charge < -0.3 is 5.73 Å². The molecule has 0 aromatic carbocycles. The highest BCUT2D eigenvalue weighted by molar-refractivity contribution is 5.14. The van der Waals surface area contributed by atoms with Crippen LogP contribution in [0.3, 0.4) is 0 Å². The molecule has 4 aliphatic carbocycles. The summed E-state index contributed by atoms with van der Waals surface area (Å²) in [6, 6.07) is 0.596. The zero-order chi connectivity index (χ0) is 13.1. The summed E-state index contributed by atoms with van der Waals surface area (Å²) in [5.74, 6) is 3.71. The molecule has 4 aliphatic rings. The topological polar surface area (TPSA) is 56.7 Å². The van der Waals surface area contributed by atoms with Crippen molar-refractivity contribution in [2.75, 3.05) is 0 Å². The molecule has 4 heteroatoms. The molecule has 1 heterocycles. The van der Waals surface area contributed by atoms with E-state index in [1.807, 2.05) is 6.92 Å². The molecule has 4 saturated carbocycles. The second kappa shape index (κ2) is 4.05. The van der Waals surface area contributed by atoms with E-state index in [-0.39, 0.29) is 6.04 Å². The minimum atomic E-state index is -0.00872. The fraction of sp³-hybridized carbons (Fsp3) is 0.867. The Morgan fingerprint density at radius 1 is 1.11 bits per heavy atom. The van der Waals surface area contributed by atoms with Crippen LogP contribution in [0.5, 0.6) is 0 Å². The van der Waals surface area contributed by atoms with Crippen LogP contribution in [0.25, 0.3) is 0 Å². The van der Waals surface area contributed by atoms with Gasteiger partial charge in [-0.3, -0.25) is 0 Å². The maximum absolute atomic E-state index is 5.99. The smallest absolute Gasteiger partial charge is 0.102 e. The van der Waals surface area contributed by atoms with E-state index in [4.69, 9.17) is 5.73 Å². The molecule has 0 saturated heterocycles. The van der Waals surface area contributed by atoms with E-state index in [1.165, 1.54) is 37.8 Å². The third-order valence-corrected chi connectivity index (χ3v) is 5.85. The highest BCUT2D eigenvalue weighted by atomic mass is 15.4. The summed E-state index contributed by atoms with van der Waals surface area (Å²) in [5, 5.41) is 8.81. The van der Waals surface area contributed by atoms with E-state index in [1.54, 1.807) is 0 Å². The van der Waals surface area contributed by atoms with Crippen molar-refractivity contribution in [3.8, 4) is 0 Å². The van der Waals surface area contributed by atoms with Gasteiger partial charge in [0, 0.05) is 6.04 Å². The predicted molar refractivity (Wildman–Crippen MR) is 73.4 cm³/mol. The molecular weight excluding hydrogens is 236 g/mol. The minimum Gasteiger partial charge on any atom is -0.323 e. The van der Waals surface area contributed by atoms with Crippen LogP contribution in [0.2, 0.25) is 0 Å². The Bertz CT molecular complexity index is 462. The maximum atomic E-state index is 5.99. The van der Waals surface area contributed by atoms with Gasteiger partial charge >= 0.3 is 0 Å². The van der Waals surface area contributed by atoms with Crippen LogP contribution >= 0.6 is 0 Å². The summed E-state index contributed by atoms with van der Waals surface area (Å²) < 4.78 is 2.23. The molecule has 0 radical (unpaired) electrons. The molecule has 2 N–H and O–H groups in total. The van der Waals surface area contributed by atoms with Crippen molar-refractivity contribution in [1.82, 2.24) is 15.0 Å². The average molecular weight is 260 g/mol. The summed E-state index contributed by atoms with van der Waals surface area (Å²) in [6.07, 6.45) is 7.19. The second-order valence-electron chi connectivity index (χ2n) is 7.21. The molecular formula is C15H24N4. The van der Waals surface area contributed by atoms with Crippen LogP contribution in [0.15, 0.2) is 0 Å². The fourth-order valence-corrected chi connectivity index (χ4v) is 5.35. The summed E-state index contributed by atoms with van der Waals surface area (Å²) in [5.41, 5.74) is 8.17. The lowest BCUT2D eigenvalue weighted by Crippen LogP contribution is -2.46. The van der Waals surface area contributed by atoms with Crippen LogP contribution in [0.1, 0.15) is 62.5 Å². The highest BCUT2D eigenvalue weighted by Crippen LogP contribution is 2.58. The van der Waals surface area contributed by atoms with Crippen LogP contribution in [-0.4, -0.2) is 15.0 Å². The van der Waals surface area contributed by atoms with Crippen molar-refractivity contribution >= 4 is 0 Å². The summed E-state index contributed by atoms with van der Waals surface area (Å²) >= 11 is 0. The first-order valence-corrected chi connectivity index (χ1v) is 7.80. The first-order chi connectivity index (χ1) is 9.13. The number of aromatic nitrogens is 3. The molecule has 1 aromatic heterocycles. The van der Waals surface area contributed by atoms with Crippen molar-refractivity contribution in [2.45, 2.75) is 58.0 Å². The molecule has 4 nitrogen and oxygen atoms in total. The normalized spacial score (nSPS) is 41.7. The van der Waals surface area contributed by atoms with Crippen LogP contribution < -0.4 is 5.73 Å². The Balaban J connectivity index is 1.69. The lowest BCUT2D eigenvalue weighted by atomic mass is 9.54. The fourth-order valence-electron chi connectivity index (χ4n) is 5.35. The van der Waals surface area contributed by atoms with Crippen molar-refractivity contribution in [3.05, 3.63) is 11.4 Å². The van der Waals surface area contributed by atoms with E-state index in [0.717, 1.165) is 29.4 Å². The van der Waals surface area contributed by atoms with Gasteiger partial charge in [-0.1, -0.05) is 5.21 Å². The lowest BCUT2D eigenvalue weighted by Gasteiger charge is -2.54. The minimum absolute atomic E-state index is 0.00872. The number of rotatable bonds is 2. The van der Waals surface area contributed by atoms with Gasteiger partial charge in [0.05, 0.1) is 11.7 Å². The Kier molecular flexibility index (Phi) is 2.53. The monoisotopic (exact) mass is 260 g/mol. The molecule has 104 valence electrons. The van der Waals surface area contributed by atoms with Gasteiger partial charge in [-0.05, 0) is 69.6 Å². The van der Waals surface area contributed by atoms with Crippen molar-refractivity contribution in [3.63, 3.8) is 0 Å². The third-order valence-electron chi connectivity index (χ3n) is 5.85. The molecule has 0 spiro atoms. The zero-order valence-electron chi connectivity index (χ0n) is 11.9. The molecule has 5 rings (SSSR count). The van der Waals surface area contributed by atoms with Crippen LogP contribution in [0, 0.1) is 30.6 Å². The Morgan fingerprint density at radius 2 is 1.68 bits per heavy atom. The van der Waals surface area contributed by atoms with Crippen molar-refractivity contribution in [2.24, 2.45) is 29.4 Å². The number of hydrogen-bond donors (Lipinski definition) is 1. The average Bonchev–Trinajstić information content (AvgIpc) is 2.70. The summed E-state index contributed by atoms with van der Waals surface area (Å²) in [7, 11) is 0. The van der Waals surface area contributed by atoms with Gasteiger partial charge in [-0.25, -0.2) is 4.68 Å². The van der Waals surface area contributed by atoms with E-state index in [2.05, 4.69) is 21.9 Å². The Hall–Kier alpha value is -0.900. The maximum Gasteiger partial charge on any atom is 0.102 e. The standard InChI is InChI=1S/C15H24N4/c1-8(16)14-9(2)19(18-17-14)15-12-4-10-3-11(6-12)7-13(15)5-10/h8,10-13,15H,3-7,16H2,1-2H3. The molecule has 1 aromatic rings. The van der Waals surface area contributed by atoms with Gasteiger partial charge in [-0.15, -0.1) is 5.10 Å². The van der Waals surface area contributed by atoms with Crippen LogP contribution in [-0.2, 0) is 0 Å². The van der Waals surface area contributed by atoms with Gasteiger partial charge in [0.1, 0.15) is 5.69 Å². The number of nitrogens with zero attached hydrogens (tertiary/aromatic N) is 3. The first kappa shape index (κ1) is 11.9. The van der Waals surface area contributed by atoms with Gasteiger partial charge in [0.25, 0.3) is 0 Å². The summed E-state index contributed by atoms with van der Waals surface area (Å²) in [6.45, 7) is 4.14. The van der Waals surface area contributed by atoms with E-state index >= 15 is 0 Å². The SMILES string of the molecule is Cc1c(C(C)N)nnn1C1C2CC3CC(C2)CC1C3. The van der Waals surface area contributed by atoms with Gasteiger partial charge in [0.15, 0.2) is 0 Å². The predicted octanol–water partition coefficient (Wildman–Crippen LogP) is 2.60. The van der Waals surface area contributed by atoms with E-state index in [0.29, 0.717) is 6.04 Å². The van der Waals surface area contributed by atoms with Gasteiger partial charge in [0.2, 0.25) is 0 Å². The zero-order valence-corrected chi connectivity index (χ0v) is 11.9. The molecule has 1 unspecified atom stereocenters. The second-order valence-corrected chi connectivity index (χ2v) is 7.21. The molecule has 0 aliphatic heterocycles. The lowest BCUT2D eigenvalue weighted by molar-refractivity contribution is -0.0350. The quantitative estimate of drug-likeness (QED) is 0.889. The largest absolute Gasteiger partial charge is 0.323 e. The Labute approximate surface area is 114 Å². The molecule has 1 atom stereocenters. The summed E-state index contributed by atoms with van der Waals surface area (Å²) in [4.78, 5) is 0. The van der Waals surface area contributed by atoms with Gasteiger partial charge in [-0.2, -0.15) is 0 Å². The van der Waals surface area contributed by atoms with E-state index in [9.17, 15) is 0 Å². The Morgan fingerprint density at radius 3 is 2.16 bits per heavy atom. The molecule has 19 heavy (non-hydrogen) atoms. The third kappa shape index (κ3) is 1.69. The van der Waals surface area contributed by atoms with Crippen molar-refractivity contribution in [1.29, 1.82) is 0 Å². The van der Waals surface area contributed by atoms with Crippen molar-refractivity contribution < 1.29 is 0 Å². The molecule has 0 amide bonds. The number of hydrogen-bond acceptors (Lipinski definition) is 3. The van der Waals surface area contributed by atoms with Crippen LogP contribution in [0.4, 0.5) is 0 Å². The first-order valence-electron chi connectivity index (χ1n) is 7.80.